The molecular weight excluding hydrogens is 414 g/mol. The van der Waals surface area contributed by atoms with Crippen molar-refractivity contribution >= 4 is 23.4 Å². The minimum atomic E-state index is -0.473. The van der Waals surface area contributed by atoms with Crippen LogP contribution in [-0.4, -0.2) is 28.3 Å². The fraction of sp³-hybridized carbons (Fsp3) is 0.435. The predicted molar refractivity (Wildman–Crippen MR) is 119 cm³/mol. The Bertz CT molecular complexity index is 1140. The maximum absolute atomic E-state index is 13.2. The average Bonchev–Trinajstić information content (AvgIpc) is 3.20. The number of hydrogen-bond donors (Lipinski definition) is 2. The monoisotopic (exact) mass is 439 g/mol. The molecule has 8 heteroatoms. The number of nitrogens with zero attached hydrogens (tertiary/aromatic N) is 1. The molecule has 1 unspecified atom stereocenters. The number of ether oxygens (including phenoxy) is 2. The fourth-order valence-electron chi connectivity index (χ4n) is 4.33. The van der Waals surface area contributed by atoms with Gasteiger partial charge in [0.25, 0.3) is 5.56 Å². The molecule has 3 aliphatic rings. The van der Waals surface area contributed by atoms with Gasteiger partial charge in [-0.1, -0.05) is 31.7 Å². The van der Waals surface area contributed by atoms with E-state index in [4.69, 9.17) is 14.5 Å². The molecule has 0 bridgehead atoms. The molecule has 1 aliphatic carbocycles. The SMILES string of the molecule is CC(C)CCSc1nc2c(c(=O)[nH]1)C(c1ccc3c(c1)OCO3)C1=C(CCCC1=O)N2. The van der Waals surface area contributed by atoms with Crippen molar-refractivity contribution < 1.29 is 14.3 Å². The number of fused-ring (bicyclic) bond motifs is 2. The van der Waals surface area contributed by atoms with E-state index >= 15 is 0 Å². The number of hydrogen-bond acceptors (Lipinski definition) is 7. The van der Waals surface area contributed by atoms with Crippen LogP contribution in [0.3, 0.4) is 0 Å². The van der Waals surface area contributed by atoms with Crippen LogP contribution in [0.1, 0.15) is 56.6 Å². The highest BCUT2D eigenvalue weighted by molar-refractivity contribution is 7.99. The Hall–Kier alpha value is -2.74. The number of aromatic amines is 1. The van der Waals surface area contributed by atoms with Gasteiger partial charge in [0.15, 0.2) is 22.4 Å². The second-order valence-corrected chi connectivity index (χ2v) is 9.59. The summed E-state index contributed by atoms with van der Waals surface area (Å²) < 4.78 is 11.0. The third-order valence-corrected chi connectivity index (χ3v) is 6.81. The van der Waals surface area contributed by atoms with E-state index in [1.807, 2.05) is 18.2 Å². The lowest BCUT2D eigenvalue weighted by molar-refractivity contribution is -0.116. The van der Waals surface area contributed by atoms with E-state index < -0.39 is 5.92 Å². The van der Waals surface area contributed by atoms with Crippen molar-refractivity contribution in [3.8, 4) is 11.5 Å². The maximum Gasteiger partial charge on any atom is 0.257 e. The Morgan fingerprint density at radius 1 is 1.19 bits per heavy atom. The van der Waals surface area contributed by atoms with Crippen molar-refractivity contribution in [2.24, 2.45) is 5.92 Å². The number of carbonyl (C=O) groups is 1. The Kier molecular flexibility index (Phi) is 5.25. The molecule has 0 spiro atoms. The van der Waals surface area contributed by atoms with Crippen molar-refractivity contribution in [2.45, 2.75) is 50.6 Å². The van der Waals surface area contributed by atoms with Crippen LogP contribution in [0.25, 0.3) is 0 Å². The van der Waals surface area contributed by atoms with Gasteiger partial charge in [-0.3, -0.25) is 9.59 Å². The number of anilines is 1. The van der Waals surface area contributed by atoms with Crippen molar-refractivity contribution in [2.75, 3.05) is 17.9 Å². The highest BCUT2D eigenvalue weighted by atomic mass is 32.2. The molecular formula is C23H25N3O4S. The van der Waals surface area contributed by atoms with E-state index in [9.17, 15) is 9.59 Å². The van der Waals surface area contributed by atoms with Gasteiger partial charge in [0.2, 0.25) is 6.79 Å². The minimum absolute atomic E-state index is 0.0804. The van der Waals surface area contributed by atoms with Crippen LogP contribution in [-0.2, 0) is 4.79 Å². The number of nitrogens with one attached hydrogen (secondary N) is 2. The van der Waals surface area contributed by atoms with Crippen LogP contribution in [0.15, 0.2) is 39.4 Å². The number of thioether (sulfide) groups is 1. The molecule has 2 N–H and O–H groups in total. The molecule has 5 rings (SSSR count). The first-order valence-corrected chi connectivity index (χ1v) is 11.7. The lowest BCUT2D eigenvalue weighted by Crippen LogP contribution is -2.32. The molecule has 1 atom stereocenters. The average molecular weight is 440 g/mol. The molecule has 31 heavy (non-hydrogen) atoms. The Balaban J connectivity index is 1.60. The molecule has 162 valence electrons. The van der Waals surface area contributed by atoms with Gasteiger partial charge in [0, 0.05) is 29.4 Å². The summed E-state index contributed by atoms with van der Waals surface area (Å²) in [5.74, 6) is 2.94. The quantitative estimate of drug-likeness (QED) is 0.533. The van der Waals surface area contributed by atoms with Gasteiger partial charge >= 0.3 is 0 Å². The molecule has 1 aromatic carbocycles. The third-order valence-electron chi connectivity index (χ3n) is 5.90. The standard InChI is InChI=1S/C23H25N3O4S/c1-12(2)8-9-31-23-25-21-20(22(28)26-23)18(19-14(24-21)4-3-5-15(19)27)13-6-7-16-17(10-13)30-11-29-16/h6-7,10,12,18H,3-5,8-9,11H2,1-2H3,(H2,24,25,26,28). The Morgan fingerprint density at radius 2 is 2.03 bits per heavy atom. The summed E-state index contributed by atoms with van der Waals surface area (Å²) in [6, 6.07) is 5.62. The normalized spacial score (nSPS) is 19.3. The zero-order valence-corrected chi connectivity index (χ0v) is 18.4. The summed E-state index contributed by atoms with van der Waals surface area (Å²) in [5.41, 5.74) is 2.66. The van der Waals surface area contributed by atoms with E-state index in [0.29, 0.717) is 45.9 Å². The van der Waals surface area contributed by atoms with E-state index in [1.54, 1.807) is 11.8 Å². The van der Waals surface area contributed by atoms with E-state index in [-0.39, 0.29) is 18.1 Å². The van der Waals surface area contributed by atoms with E-state index in [0.717, 1.165) is 36.3 Å². The number of allylic oxidation sites excluding steroid dienone is 2. The van der Waals surface area contributed by atoms with Crippen molar-refractivity contribution in [3.05, 3.63) is 50.9 Å². The number of ketones is 1. The summed E-state index contributed by atoms with van der Waals surface area (Å²) >= 11 is 1.55. The lowest BCUT2D eigenvalue weighted by atomic mass is 9.76. The molecule has 2 aliphatic heterocycles. The molecule has 0 amide bonds. The van der Waals surface area contributed by atoms with Gasteiger partial charge in [-0.25, -0.2) is 4.98 Å². The smallest absolute Gasteiger partial charge is 0.257 e. The number of benzene rings is 1. The third kappa shape index (κ3) is 3.73. The maximum atomic E-state index is 13.2. The first-order valence-electron chi connectivity index (χ1n) is 10.7. The molecule has 0 saturated carbocycles. The van der Waals surface area contributed by atoms with Crippen LogP contribution in [0.2, 0.25) is 0 Å². The number of H-pyrrole nitrogens is 1. The highest BCUT2D eigenvalue weighted by Gasteiger charge is 2.38. The number of carbonyl (C=O) groups excluding carboxylic acids is 1. The topological polar surface area (TPSA) is 93.3 Å². The van der Waals surface area contributed by atoms with Crippen LogP contribution >= 0.6 is 11.8 Å². The fourth-order valence-corrected chi connectivity index (χ4v) is 5.43. The lowest BCUT2D eigenvalue weighted by Gasteiger charge is -2.32. The van der Waals surface area contributed by atoms with Gasteiger partial charge in [-0.05, 0) is 42.9 Å². The molecule has 0 fully saturated rings. The van der Waals surface area contributed by atoms with Crippen LogP contribution in [0.4, 0.5) is 5.82 Å². The van der Waals surface area contributed by atoms with Gasteiger partial charge in [-0.2, -0.15) is 0 Å². The van der Waals surface area contributed by atoms with Crippen LogP contribution in [0.5, 0.6) is 11.5 Å². The number of aromatic nitrogens is 2. The zero-order chi connectivity index (χ0) is 21.5. The molecule has 3 heterocycles. The summed E-state index contributed by atoms with van der Waals surface area (Å²) in [5, 5.41) is 3.92. The molecule has 0 radical (unpaired) electrons. The molecule has 7 nitrogen and oxygen atoms in total. The highest BCUT2D eigenvalue weighted by Crippen LogP contribution is 2.45. The van der Waals surface area contributed by atoms with E-state index in [1.165, 1.54) is 0 Å². The van der Waals surface area contributed by atoms with E-state index in [2.05, 4.69) is 24.1 Å². The first-order chi connectivity index (χ1) is 15.0. The Labute approximate surface area is 184 Å². The zero-order valence-electron chi connectivity index (χ0n) is 17.6. The molecule has 1 aromatic heterocycles. The molecule has 2 aromatic rings. The summed E-state index contributed by atoms with van der Waals surface area (Å²) in [7, 11) is 0. The largest absolute Gasteiger partial charge is 0.454 e. The minimum Gasteiger partial charge on any atom is -0.454 e. The van der Waals surface area contributed by atoms with Crippen LogP contribution < -0.4 is 20.3 Å². The van der Waals surface area contributed by atoms with Crippen molar-refractivity contribution in [1.29, 1.82) is 0 Å². The van der Waals surface area contributed by atoms with Gasteiger partial charge in [-0.15, -0.1) is 0 Å². The summed E-state index contributed by atoms with van der Waals surface area (Å²) in [6.07, 6.45) is 3.10. The van der Waals surface area contributed by atoms with Crippen LogP contribution in [0, 0.1) is 5.92 Å². The first kappa shape index (κ1) is 20.2. The summed E-state index contributed by atoms with van der Waals surface area (Å²) in [4.78, 5) is 33.9. The Morgan fingerprint density at radius 3 is 2.87 bits per heavy atom. The number of Topliss-reactive ketones (excluding diaryl/α,β-unsaturated/α-hetero) is 1. The van der Waals surface area contributed by atoms with Gasteiger partial charge in [0.05, 0.1) is 5.56 Å². The van der Waals surface area contributed by atoms with Gasteiger partial charge in [0.1, 0.15) is 5.82 Å². The second kappa shape index (κ2) is 8.07. The summed E-state index contributed by atoms with van der Waals surface area (Å²) in [6.45, 7) is 4.53. The number of rotatable bonds is 5. The molecule has 0 saturated heterocycles. The predicted octanol–water partition coefficient (Wildman–Crippen LogP) is 4.20. The second-order valence-electron chi connectivity index (χ2n) is 8.50. The van der Waals surface area contributed by atoms with Gasteiger partial charge < -0.3 is 19.8 Å². The van der Waals surface area contributed by atoms with Crippen molar-refractivity contribution in [1.82, 2.24) is 9.97 Å². The van der Waals surface area contributed by atoms with Crippen molar-refractivity contribution in [3.63, 3.8) is 0 Å².